The molecule has 7 nitrogen and oxygen atoms in total. The number of fused-ring (bicyclic) bond motifs is 1. The molecule has 2 aromatic rings. The number of hydrogen-bond acceptors (Lipinski definition) is 3. The summed E-state index contributed by atoms with van der Waals surface area (Å²) in [5, 5.41) is 0. The van der Waals surface area contributed by atoms with Gasteiger partial charge in [-0.3, -0.25) is 13.9 Å². The molecule has 1 atom stereocenters. The highest BCUT2D eigenvalue weighted by Gasteiger charge is 2.24. The SMILES string of the molecule is CC[N+](C)(C)C(C)Cn1cnc2c1c(=O)n(C)c(=O)n2C. The largest absolute Gasteiger partial charge is 0.332 e. The zero-order chi connectivity index (χ0) is 15.9. The summed E-state index contributed by atoms with van der Waals surface area (Å²) in [6.45, 7) is 5.99. The lowest BCUT2D eigenvalue weighted by molar-refractivity contribution is -0.912. The molecule has 0 aliphatic carbocycles. The Morgan fingerprint density at radius 3 is 2.43 bits per heavy atom. The van der Waals surface area contributed by atoms with Crippen molar-refractivity contribution in [3.63, 3.8) is 0 Å². The first-order chi connectivity index (χ1) is 9.70. The van der Waals surface area contributed by atoms with Crippen molar-refractivity contribution >= 4 is 11.2 Å². The van der Waals surface area contributed by atoms with Gasteiger partial charge in [0.2, 0.25) is 0 Å². The molecule has 0 spiro atoms. The number of aryl methyl sites for hydroxylation is 1. The molecule has 0 aliphatic rings. The minimum absolute atomic E-state index is 0.292. The van der Waals surface area contributed by atoms with Gasteiger partial charge in [-0.2, -0.15) is 0 Å². The van der Waals surface area contributed by atoms with Crippen molar-refractivity contribution in [2.45, 2.75) is 26.4 Å². The molecule has 0 saturated carbocycles. The smallest absolute Gasteiger partial charge is 0.325 e. The second-order valence-corrected chi connectivity index (χ2v) is 6.22. The standard InChI is InChI=1S/C14H24N5O2/c1-7-19(5,6)10(2)8-18-9-15-12-11(18)13(20)17(4)14(21)16(12)3/h9-10H,7-8H2,1-6H3/q+1. The molecule has 0 aliphatic heterocycles. The number of hydrogen-bond donors (Lipinski definition) is 0. The fourth-order valence-electron chi connectivity index (χ4n) is 2.35. The summed E-state index contributed by atoms with van der Waals surface area (Å²) >= 11 is 0. The number of likely N-dealkylation sites (N-methyl/N-ethyl adjacent to an activating group) is 1. The van der Waals surface area contributed by atoms with E-state index in [2.05, 4.69) is 32.9 Å². The number of nitrogens with zero attached hydrogens (tertiary/aromatic N) is 5. The Balaban J connectivity index is 2.58. The first-order valence-corrected chi connectivity index (χ1v) is 7.14. The fraction of sp³-hybridized carbons (Fsp3) is 0.643. The summed E-state index contributed by atoms with van der Waals surface area (Å²) in [4.78, 5) is 28.5. The number of imidazole rings is 1. The second kappa shape index (κ2) is 5.14. The second-order valence-electron chi connectivity index (χ2n) is 6.22. The van der Waals surface area contributed by atoms with Gasteiger partial charge in [-0.15, -0.1) is 0 Å². The molecule has 0 radical (unpaired) electrons. The van der Waals surface area contributed by atoms with Crippen LogP contribution in [-0.2, 0) is 20.6 Å². The van der Waals surface area contributed by atoms with Gasteiger partial charge >= 0.3 is 5.69 Å². The third kappa shape index (κ3) is 2.42. The third-order valence-corrected chi connectivity index (χ3v) is 4.69. The molecule has 0 saturated heterocycles. The van der Waals surface area contributed by atoms with E-state index < -0.39 is 0 Å². The number of quaternary nitrogens is 1. The van der Waals surface area contributed by atoms with Gasteiger partial charge < -0.3 is 9.05 Å². The molecule has 0 amide bonds. The minimum Gasteiger partial charge on any atom is -0.325 e. The van der Waals surface area contributed by atoms with Crippen molar-refractivity contribution < 1.29 is 4.48 Å². The lowest BCUT2D eigenvalue weighted by atomic mass is 10.2. The van der Waals surface area contributed by atoms with E-state index in [1.54, 1.807) is 13.4 Å². The predicted molar refractivity (Wildman–Crippen MR) is 82.3 cm³/mol. The van der Waals surface area contributed by atoms with Crippen LogP contribution in [0.2, 0.25) is 0 Å². The van der Waals surface area contributed by atoms with Crippen molar-refractivity contribution in [1.29, 1.82) is 0 Å². The summed E-state index contributed by atoms with van der Waals surface area (Å²) in [6.07, 6.45) is 1.65. The summed E-state index contributed by atoms with van der Waals surface area (Å²) in [5.74, 6) is 0. The van der Waals surface area contributed by atoms with Crippen LogP contribution in [0, 0.1) is 0 Å². The minimum atomic E-state index is -0.351. The molecule has 1 unspecified atom stereocenters. The maximum absolute atomic E-state index is 12.4. The van der Waals surface area contributed by atoms with E-state index in [0.29, 0.717) is 23.8 Å². The number of rotatable bonds is 4. The molecule has 21 heavy (non-hydrogen) atoms. The molecule has 2 aromatic heterocycles. The molecule has 0 aromatic carbocycles. The van der Waals surface area contributed by atoms with Gasteiger partial charge in [0.15, 0.2) is 11.2 Å². The van der Waals surface area contributed by atoms with E-state index in [1.165, 1.54) is 11.6 Å². The highest BCUT2D eigenvalue weighted by atomic mass is 16.2. The molecule has 2 rings (SSSR count). The van der Waals surface area contributed by atoms with Crippen molar-refractivity contribution in [3.8, 4) is 0 Å². The van der Waals surface area contributed by atoms with E-state index in [-0.39, 0.29) is 11.2 Å². The van der Waals surface area contributed by atoms with Crippen LogP contribution in [0.15, 0.2) is 15.9 Å². The van der Waals surface area contributed by atoms with Crippen molar-refractivity contribution in [3.05, 3.63) is 27.2 Å². The summed E-state index contributed by atoms with van der Waals surface area (Å²) in [5.41, 5.74) is 0.287. The van der Waals surface area contributed by atoms with Gasteiger partial charge in [0.25, 0.3) is 5.56 Å². The van der Waals surface area contributed by atoms with Gasteiger partial charge in [0, 0.05) is 14.1 Å². The van der Waals surface area contributed by atoms with Gasteiger partial charge in [0.1, 0.15) is 6.04 Å². The monoisotopic (exact) mass is 294 g/mol. The van der Waals surface area contributed by atoms with Crippen molar-refractivity contribution in [2.75, 3.05) is 20.6 Å². The van der Waals surface area contributed by atoms with Crippen LogP contribution in [0.5, 0.6) is 0 Å². The van der Waals surface area contributed by atoms with E-state index >= 15 is 0 Å². The average Bonchev–Trinajstić information content (AvgIpc) is 2.86. The topological polar surface area (TPSA) is 61.8 Å². The van der Waals surface area contributed by atoms with Gasteiger partial charge in [-0.25, -0.2) is 9.78 Å². The normalized spacial score (nSPS) is 13.8. The Kier molecular flexibility index (Phi) is 3.79. The van der Waals surface area contributed by atoms with Gasteiger partial charge in [0.05, 0.1) is 33.5 Å². The van der Waals surface area contributed by atoms with E-state index in [9.17, 15) is 9.59 Å². The third-order valence-electron chi connectivity index (χ3n) is 4.69. The Morgan fingerprint density at radius 1 is 1.24 bits per heavy atom. The Bertz CT molecular complexity index is 781. The van der Waals surface area contributed by atoms with Crippen LogP contribution < -0.4 is 11.2 Å². The van der Waals surface area contributed by atoms with Gasteiger partial charge in [-0.05, 0) is 13.8 Å². The molecule has 2 heterocycles. The molecule has 0 N–H and O–H groups in total. The Morgan fingerprint density at radius 2 is 1.86 bits per heavy atom. The molecule has 0 bridgehead atoms. The first-order valence-electron chi connectivity index (χ1n) is 7.14. The van der Waals surface area contributed by atoms with Crippen molar-refractivity contribution in [1.82, 2.24) is 18.7 Å². The van der Waals surface area contributed by atoms with E-state index in [1.807, 2.05) is 4.57 Å². The zero-order valence-electron chi connectivity index (χ0n) is 13.6. The lowest BCUT2D eigenvalue weighted by Crippen LogP contribution is -2.49. The Labute approximate surface area is 123 Å². The quantitative estimate of drug-likeness (QED) is 0.741. The van der Waals surface area contributed by atoms with Gasteiger partial charge in [-0.1, -0.05) is 0 Å². The number of aromatic nitrogens is 4. The van der Waals surface area contributed by atoms with Crippen LogP contribution in [0.4, 0.5) is 0 Å². The average molecular weight is 294 g/mol. The summed E-state index contributed by atoms with van der Waals surface area (Å²) < 4.78 is 5.26. The van der Waals surface area contributed by atoms with Crippen LogP contribution in [-0.4, -0.2) is 49.9 Å². The maximum Gasteiger partial charge on any atom is 0.332 e. The lowest BCUT2D eigenvalue weighted by Gasteiger charge is -2.35. The van der Waals surface area contributed by atoms with Crippen LogP contribution in [0.3, 0.4) is 0 Å². The summed E-state index contributed by atoms with van der Waals surface area (Å²) in [7, 11) is 7.46. The molecule has 7 heteroatoms. The maximum atomic E-state index is 12.4. The molecule has 116 valence electrons. The highest BCUT2D eigenvalue weighted by molar-refractivity contribution is 5.69. The zero-order valence-corrected chi connectivity index (χ0v) is 13.6. The highest BCUT2D eigenvalue weighted by Crippen LogP contribution is 2.12. The van der Waals surface area contributed by atoms with Crippen LogP contribution in [0.1, 0.15) is 13.8 Å². The Hall–Kier alpha value is -1.89. The predicted octanol–water partition coefficient (Wildman–Crippen LogP) is -0.0815. The van der Waals surface area contributed by atoms with Crippen LogP contribution >= 0.6 is 0 Å². The molecular formula is C14H24N5O2+. The first kappa shape index (κ1) is 15.5. The fourth-order valence-corrected chi connectivity index (χ4v) is 2.35. The molecular weight excluding hydrogens is 270 g/mol. The van der Waals surface area contributed by atoms with E-state index in [0.717, 1.165) is 15.6 Å². The van der Waals surface area contributed by atoms with Crippen molar-refractivity contribution in [2.24, 2.45) is 14.1 Å². The van der Waals surface area contributed by atoms with Crippen LogP contribution in [0.25, 0.3) is 11.2 Å². The summed E-state index contributed by atoms with van der Waals surface area (Å²) in [6, 6.07) is 0.328. The molecule has 0 fully saturated rings. The van der Waals surface area contributed by atoms with E-state index in [4.69, 9.17) is 0 Å².